The molecule has 1 amide bonds. The fraction of sp³-hybridized carbons (Fsp3) is 0.286. The van der Waals surface area contributed by atoms with Crippen LogP contribution in [0.1, 0.15) is 19.4 Å². The number of ether oxygens (including phenoxy) is 4. The van der Waals surface area contributed by atoms with E-state index >= 15 is 0 Å². The van der Waals surface area contributed by atoms with E-state index in [0.29, 0.717) is 28.5 Å². The molecule has 0 saturated carbocycles. The SMILES string of the molecule is COc1ccc(NC(=O)[C@@H](C)OC(=O)[C@@H](C)Oc2ccc(C#N)cc2)cc1OC. The van der Waals surface area contributed by atoms with Gasteiger partial charge in [0, 0.05) is 11.8 Å². The van der Waals surface area contributed by atoms with Crippen LogP contribution in [0.4, 0.5) is 5.69 Å². The van der Waals surface area contributed by atoms with Gasteiger partial charge in [0.1, 0.15) is 5.75 Å². The Bertz CT molecular complexity index is 904. The van der Waals surface area contributed by atoms with E-state index in [1.165, 1.54) is 28.1 Å². The second-order valence-electron chi connectivity index (χ2n) is 6.03. The van der Waals surface area contributed by atoms with Crippen LogP contribution in [-0.2, 0) is 14.3 Å². The van der Waals surface area contributed by atoms with Gasteiger partial charge in [-0.2, -0.15) is 5.26 Å². The maximum atomic E-state index is 12.3. The summed E-state index contributed by atoms with van der Waals surface area (Å²) in [7, 11) is 3.00. The largest absolute Gasteiger partial charge is 0.493 e. The number of nitrogens with zero attached hydrogens (tertiary/aromatic N) is 1. The van der Waals surface area contributed by atoms with Gasteiger partial charge in [0.15, 0.2) is 23.7 Å². The minimum absolute atomic E-state index is 0.413. The fourth-order valence-electron chi connectivity index (χ4n) is 2.34. The normalized spacial score (nSPS) is 12.1. The highest BCUT2D eigenvalue weighted by molar-refractivity contribution is 5.95. The molecular weight excluding hydrogens is 376 g/mol. The molecule has 8 heteroatoms. The molecule has 2 aromatic rings. The van der Waals surface area contributed by atoms with Gasteiger partial charge in [-0.05, 0) is 50.2 Å². The van der Waals surface area contributed by atoms with Crippen molar-refractivity contribution >= 4 is 17.6 Å². The van der Waals surface area contributed by atoms with Crippen LogP contribution in [0.25, 0.3) is 0 Å². The first-order valence-corrected chi connectivity index (χ1v) is 8.78. The molecule has 1 N–H and O–H groups in total. The number of hydrogen-bond acceptors (Lipinski definition) is 7. The molecule has 152 valence electrons. The highest BCUT2D eigenvalue weighted by Crippen LogP contribution is 2.29. The predicted octanol–water partition coefficient (Wildman–Crippen LogP) is 2.91. The van der Waals surface area contributed by atoms with E-state index in [1.807, 2.05) is 6.07 Å². The Balaban J connectivity index is 1.92. The molecule has 0 bridgehead atoms. The van der Waals surface area contributed by atoms with Crippen LogP contribution in [0.15, 0.2) is 42.5 Å². The van der Waals surface area contributed by atoms with E-state index < -0.39 is 24.1 Å². The number of hydrogen-bond donors (Lipinski definition) is 1. The molecule has 2 rings (SSSR count). The Labute approximate surface area is 168 Å². The molecule has 0 aliphatic rings. The lowest BCUT2D eigenvalue weighted by Gasteiger charge is -2.18. The first-order valence-electron chi connectivity index (χ1n) is 8.78. The van der Waals surface area contributed by atoms with Crippen LogP contribution in [0.2, 0.25) is 0 Å². The second kappa shape index (κ2) is 9.99. The van der Waals surface area contributed by atoms with Crippen LogP contribution in [-0.4, -0.2) is 38.3 Å². The molecule has 0 heterocycles. The standard InChI is InChI=1S/C21H22N2O6/c1-13(20(24)23-16-7-10-18(26-3)19(11-16)27-4)29-21(25)14(2)28-17-8-5-15(12-22)6-9-17/h5-11,13-14H,1-4H3,(H,23,24)/t13-,14-/m1/s1. The van der Waals surface area contributed by atoms with E-state index in [4.69, 9.17) is 24.2 Å². The number of carbonyl (C=O) groups excluding carboxylic acids is 2. The molecule has 0 aromatic heterocycles. The van der Waals surface area contributed by atoms with Crippen LogP contribution in [0.3, 0.4) is 0 Å². The number of nitriles is 1. The number of rotatable bonds is 8. The highest BCUT2D eigenvalue weighted by atomic mass is 16.6. The van der Waals surface area contributed by atoms with Gasteiger partial charge < -0.3 is 24.3 Å². The molecule has 29 heavy (non-hydrogen) atoms. The van der Waals surface area contributed by atoms with Gasteiger partial charge >= 0.3 is 5.97 Å². The smallest absolute Gasteiger partial charge is 0.347 e. The van der Waals surface area contributed by atoms with Gasteiger partial charge in [0.2, 0.25) is 0 Å². The van der Waals surface area contributed by atoms with Crippen molar-refractivity contribution in [2.75, 3.05) is 19.5 Å². The van der Waals surface area contributed by atoms with E-state index in [-0.39, 0.29) is 0 Å². The minimum atomic E-state index is -1.04. The Morgan fingerprint density at radius 3 is 2.21 bits per heavy atom. The summed E-state index contributed by atoms with van der Waals surface area (Å²) < 4.78 is 21.0. The summed E-state index contributed by atoms with van der Waals surface area (Å²) in [5, 5.41) is 11.4. The Kier molecular flexibility index (Phi) is 7.43. The van der Waals surface area contributed by atoms with Crippen molar-refractivity contribution in [2.45, 2.75) is 26.1 Å². The van der Waals surface area contributed by atoms with Gasteiger partial charge in [0.25, 0.3) is 5.91 Å². The molecule has 2 atom stereocenters. The molecule has 2 aromatic carbocycles. The lowest BCUT2D eigenvalue weighted by molar-refractivity contribution is -0.159. The van der Waals surface area contributed by atoms with E-state index in [0.717, 1.165) is 0 Å². The summed E-state index contributed by atoms with van der Waals surface area (Å²) >= 11 is 0. The van der Waals surface area contributed by atoms with Crippen molar-refractivity contribution in [3.8, 4) is 23.3 Å². The lowest BCUT2D eigenvalue weighted by atomic mass is 10.2. The first-order chi connectivity index (χ1) is 13.9. The Morgan fingerprint density at radius 1 is 0.966 bits per heavy atom. The molecule has 0 fully saturated rings. The zero-order valence-electron chi connectivity index (χ0n) is 16.6. The third kappa shape index (κ3) is 5.87. The topological polar surface area (TPSA) is 107 Å². The zero-order valence-corrected chi connectivity index (χ0v) is 16.6. The van der Waals surface area contributed by atoms with Crippen molar-refractivity contribution in [2.24, 2.45) is 0 Å². The number of methoxy groups -OCH3 is 2. The quantitative estimate of drug-likeness (QED) is 0.681. The van der Waals surface area contributed by atoms with E-state index in [1.54, 1.807) is 42.5 Å². The average molecular weight is 398 g/mol. The molecule has 0 spiro atoms. The van der Waals surface area contributed by atoms with Crippen molar-refractivity contribution < 1.29 is 28.5 Å². The molecule has 0 aliphatic carbocycles. The second-order valence-corrected chi connectivity index (χ2v) is 6.03. The third-order valence-electron chi connectivity index (χ3n) is 3.94. The maximum absolute atomic E-state index is 12.3. The predicted molar refractivity (Wildman–Crippen MR) is 105 cm³/mol. The van der Waals surface area contributed by atoms with Crippen LogP contribution in [0, 0.1) is 11.3 Å². The van der Waals surface area contributed by atoms with E-state index in [9.17, 15) is 9.59 Å². The summed E-state index contributed by atoms with van der Waals surface area (Å²) in [6.07, 6.45) is -1.97. The van der Waals surface area contributed by atoms with Gasteiger partial charge in [0.05, 0.1) is 25.9 Å². The summed E-state index contributed by atoms with van der Waals surface area (Å²) in [5.41, 5.74) is 0.950. The van der Waals surface area contributed by atoms with Gasteiger partial charge in [-0.3, -0.25) is 4.79 Å². The number of carbonyl (C=O) groups is 2. The number of benzene rings is 2. The van der Waals surface area contributed by atoms with Crippen LogP contribution >= 0.6 is 0 Å². The molecule has 8 nitrogen and oxygen atoms in total. The highest BCUT2D eigenvalue weighted by Gasteiger charge is 2.23. The van der Waals surface area contributed by atoms with Crippen molar-refractivity contribution in [1.29, 1.82) is 5.26 Å². The molecule has 0 aliphatic heterocycles. The van der Waals surface area contributed by atoms with E-state index in [2.05, 4.69) is 5.32 Å². The maximum Gasteiger partial charge on any atom is 0.347 e. The summed E-state index contributed by atoms with van der Waals surface area (Å²) in [6, 6.07) is 13.2. The Morgan fingerprint density at radius 2 is 1.62 bits per heavy atom. The zero-order chi connectivity index (χ0) is 21.4. The number of nitrogens with one attached hydrogen (secondary N) is 1. The van der Waals surface area contributed by atoms with Crippen molar-refractivity contribution in [3.63, 3.8) is 0 Å². The van der Waals surface area contributed by atoms with Crippen molar-refractivity contribution in [3.05, 3.63) is 48.0 Å². The summed E-state index contributed by atoms with van der Waals surface area (Å²) in [4.78, 5) is 24.5. The number of amides is 1. The summed E-state index contributed by atoms with van der Waals surface area (Å²) in [5.74, 6) is 0.203. The van der Waals surface area contributed by atoms with Gasteiger partial charge in [-0.25, -0.2) is 4.79 Å². The lowest BCUT2D eigenvalue weighted by Crippen LogP contribution is -2.35. The monoisotopic (exact) mass is 398 g/mol. The minimum Gasteiger partial charge on any atom is -0.493 e. The van der Waals surface area contributed by atoms with Crippen LogP contribution < -0.4 is 19.5 Å². The average Bonchev–Trinajstić information content (AvgIpc) is 2.73. The first kappa shape index (κ1) is 21.6. The third-order valence-corrected chi connectivity index (χ3v) is 3.94. The number of anilines is 1. The van der Waals surface area contributed by atoms with Gasteiger partial charge in [-0.1, -0.05) is 0 Å². The fourth-order valence-corrected chi connectivity index (χ4v) is 2.34. The molecule has 0 radical (unpaired) electrons. The Hall–Kier alpha value is -3.73. The number of esters is 1. The molecular formula is C21H22N2O6. The van der Waals surface area contributed by atoms with Crippen molar-refractivity contribution in [1.82, 2.24) is 0 Å². The van der Waals surface area contributed by atoms with Gasteiger partial charge in [-0.15, -0.1) is 0 Å². The molecule has 0 unspecified atom stereocenters. The summed E-state index contributed by atoms with van der Waals surface area (Å²) in [6.45, 7) is 2.97. The van der Waals surface area contributed by atoms with Crippen LogP contribution in [0.5, 0.6) is 17.2 Å². The molecule has 0 saturated heterocycles.